The Morgan fingerprint density at radius 2 is 2.00 bits per heavy atom. The number of carbonyl (C=O) groups excluding carboxylic acids is 2. The standard InChI is InChI=1S/C10H13NO2/c1-6(10(2)3-4-10)7-5-8(12)11-9(7)13/h3-5H2,1-2H3,(H,11,12,13). The average Bonchev–Trinajstić information content (AvgIpc) is 2.71. The van der Waals surface area contributed by atoms with Gasteiger partial charge < -0.3 is 0 Å². The van der Waals surface area contributed by atoms with Crippen LogP contribution in [0.25, 0.3) is 0 Å². The third-order valence-corrected chi connectivity index (χ3v) is 3.22. The highest BCUT2D eigenvalue weighted by atomic mass is 16.2. The number of hydrogen-bond donors (Lipinski definition) is 1. The Hall–Kier alpha value is -1.12. The summed E-state index contributed by atoms with van der Waals surface area (Å²) in [5, 5.41) is 2.31. The first-order valence-electron chi connectivity index (χ1n) is 4.57. The van der Waals surface area contributed by atoms with Crippen LogP contribution >= 0.6 is 0 Å². The molecule has 0 radical (unpaired) electrons. The second-order valence-corrected chi connectivity index (χ2v) is 4.22. The fraction of sp³-hybridized carbons (Fsp3) is 0.600. The van der Waals surface area contributed by atoms with Gasteiger partial charge in [-0.3, -0.25) is 14.9 Å². The van der Waals surface area contributed by atoms with Crippen molar-refractivity contribution in [2.24, 2.45) is 5.41 Å². The van der Waals surface area contributed by atoms with Gasteiger partial charge in [-0.1, -0.05) is 12.5 Å². The van der Waals surface area contributed by atoms with Gasteiger partial charge in [-0.15, -0.1) is 0 Å². The minimum atomic E-state index is -0.185. The van der Waals surface area contributed by atoms with E-state index in [-0.39, 0.29) is 23.7 Å². The Kier molecular flexibility index (Phi) is 1.59. The Morgan fingerprint density at radius 3 is 2.38 bits per heavy atom. The SMILES string of the molecule is CC(=C1CC(=O)NC1=O)C1(C)CC1. The number of nitrogens with one attached hydrogen (secondary N) is 1. The smallest absolute Gasteiger partial charge is 0.254 e. The number of hydrogen-bond acceptors (Lipinski definition) is 2. The summed E-state index contributed by atoms with van der Waals surface area (Å²) in [4.78, 5) is 22.3. The summed E-state index contributed by atoms with van der Waals surface area (Å²) >= 11 is 0. The lowest BCUT2D eigenvalue weighted by Crippen LogP contribution is -2.20. The van der Waals surface area contributed by atoms with E-state index in [0.29, 0.717) is 5.57 Å². The number of carbonyl (C=O) groups is 2. The van der Waals surface area contributed by atoms with Crippen LogP contribution in [0, 0.1) is 5.41 Å². The summed E-state index contributed by atoms with van der Waals surface area (Å²) in [5.41, 5.74) is 2.01. The molecule has 1 saturated heterocycles. The van der Waals surface area contributed by atoms with Crippen LogP contribution < -0.4 is 5.32 Å². The second-order valence-electron chi connectivity index (χ2n) is 4.22. The van der Waals surface area contributed by atoms with E-state index in [0.717, 1.165) is 18.4 Å². The second kappa shape index (κ2) is 2.44. The van der Waals surface area contributed by atoms with Gasteiger partial charge in [0.05, 0.1) is 6.42 Å². The summed E-state index contributed by atoms with van der Waals surface area (Å²) in [7, 11) is 0. The Bertz CT molecular complexity index is 324. The molecule has 0 atom stereocenters. The first-order valence-corrected chi connectivity index (χ1v) is 4.57. The molecule has 1 heterocycles. The third-order valence-electron chi connectivity index (χ3n) is 3.22. The van der Waals surface area contributed by atoms with E-state index in [1.165, 1.54) is 0 Å². The van der Waals surface area contributed by atoms with Crippen LogP contribution in [0.4, 0.5) is 0 Å². The predicted octanol–water partition coefficient (Wildman–Crippen LogP) is 1.15. The van der Waals surface area contributed by atoms with Gasteiger partial charge in [0.15, 0.2) is 0 Å². The van der Waals surface area contributed by atoms with Crippen molar-refractivity contribution in [1.29, 1.82) is 0 Å². The van der Waals surface area contributed by atoms with Gasteiger partial charge in [-0.05, 0) is 25.2 Å². The maximum absolute atomic E-state index is 11.3. The van der Waals surface area contributed by atoms with Crippen LogP contribution in [0.1, 0.15) is 33.1 Å². The van der Waals surface area contributed by atoms with Gasteiger partial charge in [0.2, 0.25) is 5.91 Å². The van der Waals surface area contributed by atoms with Crippen molar-refractivity contribution in [3.8, 4) is 0 Å². The van der Waals surface area contributed by atoms with Crippen LogP contribution in [0.5, 0.6) is 0 Å². The lowest BCUT2D eigenvalue weighted by atomic mass is 9.94. The van der Waals surface area contributed by atoms with Crippen molar-refractivity contribution in [2.75, 3.05) is 0 Å². The molecule has 0 aromatic carbocycles. The van der Waals surface area contributed by atoms with Gasteiger partial charge in [0, 0.05) is 5.57 Å². The molecule has 2 rings (SSSR count). The van der Waals surface area contributed by atoms with Gasteiger partial charge in [-0.25, -0.2) is 0 Å². The van der Waals surface area contributed by atoms with Crippen molar-refractivity contribution in [2.45, 2.75) is 33.1 Å². The van der Waals surface area contributed by atoms with Crippen molar-refractivity contribution >= 4 is 11.8 Å². The fourth-order valence-corrected chi connectivity index (χ4v) is 1.72. The summed E-state index contributed by atoms with van der Waals surface area (Å²) in [6, 6.07) is 0. The van der Waals surface area contributed by atoms with Gasteiger partial charge in [-0.2, -0.15) is 0 Å². The van der Waals surface area contributed by atoms with Gasteiger partial charge in [0.1, 0.15) is 0 Å². The molecular formula is C10H13NO2. The van der Waals surface area contributed by atoms with E-state index in [2.05, 4.69) is 12.2 Å². The molecule has 1 aliphatic carbocycles. The zero-order valence-electron chi connectivity index (χ0n) is 7.94. The molecule has 3 heteroatoms. The highest BCUT2D eigenvalue weighted by Gasteiger charge is 2.42. The molecule has 2 amide bonds. The average molecular weight is 179 g/mol. The summed E-state index contributed by atoms with van der Waals surface area (Å²) < 4.78 is 0. The van der Waals surface area contributed by atoms with Gasteiger partial charge in [0.25, 0.3) is 5.91 Å². The maximum atomic E-state index is 11.3. The zero-order valence-corrected chi connectivity index (χ0v) is 7.94. The van der Waals surface area contributed by atoms with E-state index in [1.807, 2.05) is 6.92 Å². The summed E-state index contributed by atoms with van der Waals surface area (Å²) in [6.07, 6.45) is 2.56. The van der Waals surface area contributed by atoms with E-state index < -0.39 is 0 Å². The molecule has 1 N–H and O–H groups in total. The molecular weight excluding hydrogens is 166 g/mol. The molecule has 0 aromatic heterocycles. The van der Waals surface area contributed by atoms with E-state index in [1.54, 1.807) is 0 Å². The molecule has 0 aromatic rings. The van der Waals surface area contributed by atoms with E-state index in [9.17, 15) is 9.59 Å². The monoisotopic (exact) mass is 179 g/mol. The van der Waals surface area contributed by atoms with E-state index in [4.69, 9.17) is 0 Å². The molecule has 2 aliphatic rings. The van der Waals surface area contributed by atoms with E-state index >= 15 is 0 Å². The van der Waals surface area contributed by atoms with Crippen molar-refractivity contribution in [1.82, 2.24) is 5.32 Å². The maximum Gasteiger partial charge on any atom is 0.254 e. The van der Waals surface area contributed by atoms with Crippen LogP contribution in [0.3, 0.4) is 0 Å². The molecule has 2 fully saturated rings. The Balaban J connectivity index is 2.33. The minimum Gasteiger partial charge on any atom is -0.292 e. The molecule has 0 unspecified atom stereocenters. The minimum absolute atomic E-state index is 0.163. The highest BCUT2D eigenvalue weighted by molar-refractivity contribution is 6.13. The number of amides is 2. The molecule has 1 aliphatic heterocycles. The quantitative estimate of drug-likeness (QED) is 0.485. The molecule has 3 nitrogen and oxygen atoms in total. The summed E-state index contributed by atoms with van der Waals surface area (Å²) in [5.74, 6) is -0.348. The lowest BCUT2D eigenvalue weighted by Gasteiger charge is -2.10. The molecule has 13 heavy (non-hydrogen) atoms. The molecule has 70 valence electrons. The Labute approximate surface area is 77.2 Å². The predicted molar refractivity (Wildman–Crippen MR) is 47.8 cm³/mol. The van der Waals surface area contributed by atoms with Crippen LogP contribution in [0.2, 0.25) is 0 Å². The molecule has 1 saturated carbocycles. The molecule has 0 spiro atoms. The molecule has 0 bridgehead atoms. The van der Waals surface area contributed by atoms with Crippen molar-refractivity contribution < 1.29 is 9.59 Å². The third kappa shape index (κ3) is 1.28. The van der Waals surface area contributed by atoms with Gasteiger partial charge >= 0.3 is 0 Å². The van der Waals surface area contributed by atoms with Crippen molar-refractivity contribution in [3.05, 3.63) is 11.1 Å². The van der Waals surface area contributed by atoms with Crippen LogP contribution in [0.15, 0.2) is 11.1 Å². The number of rotatable bonds is 1. The highest BCUT2D eigenvalue weighted by Crippen LogP contribution is 2.52. The fourth-order valence-electron chi connectivity index (χ4n) is 1.72. The number of imide groups is 1. The first-order chi connectivity index (χ1) is 6.03. The topological polar surface area (TPSA) is 46.2 Å². The van der Waals surface area contributed by atoms with Crippen LogP contribution in [-0.2, 0) is 9.59 Å². The zero-order chi connectivity index (χ0) is 9.64. The normalized spacial score (nSPS) is 28.8. The summed E-state index contributed by atoms with van der Waals surface area (Å²) in [6.45, 7) is 4.12. The van der Waals surface area contributed by atoms with Crippen LogP contribution in [-0.4, -0.2) is 11.8 Å². The lowest BCUT2D eigenvalue weighted by molar-refractivity contribution is -0.124. The van der Waals surface area contributed by atoms with Crippen molar-refractivity contribution in [3.63, 3.8) is 0 Å². The first kappa shape index (κ1) is 8.48. The largest absolute Gasteiger partial charge is 0.292 e. The Morgan fingerprint density at radius 1 is 1.38 bits per heavy atom. The number of allylic oxidation sites excluding steroid dienone is 1.